The van der Waals surface area contributed by atoms with Crippen molar-refractivity contribution in [1.29, 1.82) is 5.26 Å². The van der Waals surface area contributed by atoms with Gasteiger partial charge in [-0.15, -0.1) is 0 Å². The standard InChI is InChI=1S/C15H15N3S/c1-11-10-19-7-6-18(11)15-13(9-16)8-12-4-2-3-5-14(12)17-15/h2-5,8,11H,6-7,10H2,1H3. The summed E-state index contributed by atoms with van der Waals surface area (Å²) >= 11 is 1.97. The fourth-order valence-corrected chi connectivity index (χ4v) is 3.46. The van der Waals surface area contributed by atoms with Crippen LogP contribution < -0.4 is 4.90 Å². The molecule has 1 aromatic carbocycles. The largest absolute Gasteiger partial charge is 0.351 e. The Morgan fingerprint density at radius 1 is 1.42 bits per heavy atom. The molecule has 1 aliphatic rings. The Morgan fingerprint density at radius 3 is 3.05 bits per heavy atom. The summed E-state index contributed by atoms with van der Waals surface area (Å²) in [5.41, 5.74) is 1.64. The Kier molecular flexibility index (Phi) is 3.31. The number of hydrogen-bond acceptors (Lipinski definition) is 4. The molecule has 2 heterocycles. The minimum absolute atomic E-state index is 0.430. The summed E-state index contributed by atoms with van der Waals surface area (Å²) in [4.78, 5) is 6.98. The third kappa shape index (κ3) is 2.26. The van der Waals surface area contributed by atoms with E-state index in [0.717, 1.165) is 34.8 Å². The molecular formula is C15H15N3S. The molecule has 96 valence electrons. The molecule has 0 amide bonds. The van der Waals surface area contributed by atoms with Crippen LogP contribution in [0.4, 0.5) is 5.82 Å². The Bertz CT molecular complexity index is 647. The zero-order chi connectivity index (χ0) is 13.2. The van der Waals surface area contributed by atoms with Crippen LogP contribution in [0, 0.1) is 11.3 Å². The molecule has 3 rings (SSSR count). The third-order valence-electron chi connectivity index (χ3n) is 3.46. The molecule has 4 heteroatoms. The lowest BCUT2D eigenvalue weighted by molar-refractivity contribution is 0.690. The average molecular weight is 269 g/mol. The number of rotatable bonds is 1. The van der Waals surface area contributed by atoms with E-state index in [0.29, 0.717) is 11.6 Å². The predicted molar refractivity (Wildman–Crippen MR) is 80.6 cm³/mol. The quantitative estimate of drug-likeness (QED) is 0.797. The molecule has 1 unspecified atom stereocenters. The fraction of sp³-hybridized carbons (Fsp3) is 0.333. The number of nitriles is 1. The van der Waals surface area contributed by atoms with E-state index < -0.39 is 0 Å². The Labute approximate surface area is 117 Å². The fourth-order valence-electron chi connectivity index (χ4n) is 2.45. The number of hydrogen-bond donors (Lipinski definition) is 0. The highest BCUT2D eigenvalue weighted by atomic mass is 32.2. The summed E-state index contributed by atoms with van der Waals surface area (Å²) in [6.45, 7) is 3.16. The van der Waals surface area contributed by atoms with Gasteiger partial charge in [0.1, 0.15) is 11.9 Å². The van der Waals surface area contributed by atoms with Crippen LogP contribution in [0.25, 0.3) is 10.9 Å². The predicted octanol–water partition coefficient (Wildman–Crippen LogP) is 3.05. The van der Waals surface area contributed by atoms with Crippen LogP contribution in [-0.4, -0.2) is 29.1 Å². The summed E-state index contributed by atoms with van der Waals surface area (Å²) in [6.07, 6.45) is 0. The van der Waals surface area contributed by atoms with E-state index in [-0.39, 0.29) is 0 Å². The number of fused-ring (bicyclic) bond motifs is 1. The molecule has 19 heavy (non-hydrogen) atoms. The molecule has 0 N–H and O–H groups in total. The zero-order valence-electron chi connectivity index (χ0n) is 10.8. The molecule has 1 aliphatic heterocycles. The van der Waals surface area contributed by atoms with E-state index in [1.807, 2.05) is 42.1 Å². The molecule has 2 aromatic rings. The first kappa shape index (κ1) is 12.3. The van der Waals surface area contributed by atoms with E-state index in [2.05, 4.69) is 17.9 Å². The van der Waals surface area contributed by atoms with Crippen LogP contribution in [0.15, 0.2) is 30.3 Å². The number of thioether (sulfide) groups is 1. The van der Waals surface area contributed by atoms with Crippen molar-refractivity contribution < 1.29 is 0 Å². The smallest absolute Gasteiger partial charge is 0.147 e. The van der Waals surface area contributed by atoms with Gasteiger partial charge >= 0.3 is 0 Å². The van der Waals surface area contributed by atoms with Crippen LogP contribution in [0.5, 0.6) is 0 Å². The molecule has 1 fully saturated rings. The minimum Gasteiger partial charge on any atom is -0.351 e. The number of para-hydroxylation sites is 1. The lowest BCUT2D eigenvalue weighted by atomic mass is 10.1. The van der Waals surface area contributed by atoms with Gasteiger partial charge < -0.3 is 4.90 Å². The minimum atomic E-state index is 0.430. The number of pyridine rings is 1. The van der Waals surface area contributed by atoms with E-state index in [4.69, 9.17) is 4.98 Å². The normalized spacial score (nSPS) is 19.4. The van der Waals surface area contributed by atoms with Crippen molar-refractivity contribution in [3.63, 3.8) is 0 Å². The van der Waals surface area contributed by atoms with E-state index in [1.165, 1.54) is 0 Å². The highest BCUT2D eigenvalue weighted by Gasteiger charge is 2.22. The molecule has 1 saturated heterocycles. The summed E-state index contributed by atoms with van der Waals surface area (Å²) in [6, 6.07) is 12.6. The van der Waals surface area contributed by atoms with Crippen LogP contribution in [0.3, 0.4) is 0 Å². The van der Waals surface area contributed by atoms with Gasteiger partial charge in [-0.3, -0.25) is 0 Å². The maximum atomic E-state index is 9.37. The highest BCUT2D eigenvalue weighted by molar-refractivity contribution is 7.99. The van der Waals surface area contributed by atoms with Gasteiger partial charge in [-0.1, -0.05) is 18.2 Å². The first-order chi connectivity index (χ1) is 9.29. The molecule has 1 atom stereocenters. The van der Waals surface area contributed by atoms with Gasteiger partial charge in [-0.25, -0.2) is 4.98 Å². The maximum Gasteiger partial charge on any atom is 0.147 e. The molecule has 3 nitrogen and oxygen atoms in total. The molecule has 0 bridgehead atoms. The third-order valence-corrected chi connectivity index (χ3v) is 4.65. The Balaban J connectivity index is 2.13. The van der Waals surface area contributed by atoms with Gasteiger partial charge in [-0.2, -0.15) is 17.0 Å². The number of anilines is 1. The van der Waals surface area contributed by atoms with Crippen molar-refractivity contribution in [2.75, 3.05) is 23.0 Å². The zero-order valence-corrected chi connectivity index (χ0v) is 11.7. The highest BCUT2D eigenvalue weighted by Crippen LogP contribution is 2.27. The van der Waals surface area contributed by atoms with Crippen molar-refractivity contribution in [3.05, 3.63) is 35.9 Å². The van der Waals surface area contributed by atoms with Gasteiger partial charge in [0.05, 0.1) is 11.1 Å². The topological polar surface area (TPSA) is 39.9 Å². The van der Waals surface area contributed by atoms with Gasteiger partial charge in [0.15, 0.2) is 0 Å². The van der Waals surface area contributed by atoms with Crippen molar-refractivity contribution in [1.82, 2.24) is 4.98 Å². The summed E-state index contributed by atoms with van der Waals surface area (Å²) < 4.78 is 0. The average Bonchev–Trinajstić information content (AvgIpc) is 2.46. The van der Waals surface area contributed by atoms with E-state index in [1.54, 1.807) is 0 Å². The van der Waals surface area contributed by atoms with Gasteiger partial charge in [0.2, 0.25) is 0 Å². The van der Waals surface area contributed by atoms with Crippen LogP contribution in [0.2, 0.25) is 0 Å². The Hall–Kier alpha value is -1.73. The second-order valence-electron chi connectivity index (χ2n) is 4.78. The van der Waals surface area contributed by atoms with Crippen LogP contribution >= 0.6 is 11.8 Å². The van der Waals surface area contributed by atoms with Crippen molar-refractivity contribution >= 4 is 28.5 Å². The SMILES string of the molecule is CC1CSCCN1c1nc2ccccc2cc1C#N. The lowest BCUT2D eigenvalue weighted by Gasteiger charge is -2.34. The molecule has 0 aliphatic carbocycles. The molecule has 0 spiro atoms. The number of nitrogens with zero attached hydrogens (tertiary/aromatic N) is 3. The molecule has 1 aromatic heterocycles. The van der Waals surface area contributed by atoms with E-state index in [9.17, 15) is 5.26 Å². The van der Waals surface area contributed by atoms with Crippen molar-refractivity contribution in [3.8, 4) is 6.07 Å². The first-order valence-corrected chi connectivity index (χ1v) is 7.59. The molecule has 0 radical (unpaired) electrons. The summed E-state index contributed by atoms with van der Waals surface area (Å²) in [7, 11) is 0. The summed E-state index contributed by atoms with van der Waals surface area (Å²) in [5, 5.41) is 10.4. The number of aromatic nitrogens is 1. The van der Waals surface area contributed by atoms with Gasteiger partial charge in [0.25, 0.3) is 0 Å². The second kappa shape index (κ2) is 5.10. The van der Waals surface area contributed by atoms with Crippen molar-refractivity contribution in [2.24, 2.45) is 0 Å². The lowest BCUT2D eigenvalue weighted by Crippen LogP contribution is -2.41. The Morgan fingerprint density at radius 2 is 2.26 bits per heavy atom. The summed E-state index contributed by atoms with van der Waals surface area (Å²) in [5.74, 6) is 3.04. The first-order valence-electron chi connectivity index (χ1n) is 6.44. The monoisotopic (exact) mass is 269 g/mol. The second-order valence-corrected chi connectivity index (χ2v) is 5.93. The van der Waals surface area contributed by atoms with Gasteiger partial charge in [0, 0.05) is 29.5 Å². The number of benzene rings is 1. The van der Waals surface area contributed by atoms with Gasteiger partial charge in [-0.05, 0) is 19.1 Å². The van der Waals surface area contributed by atoms with Crippen molar-refractivity contribution in [2.45, 2.75) is 13.0 Å². The van der Waals surface area contributed by atoms with Crippen LogP contribution in [-0.2, 0) is 0 Å². The van der Waals surface area contributed by atoms with Crippen LogP contribution in [0.1, 0.15) is 12.5 Å². The maximum absolute atomic E-state index is 9.37. The molecule has 0 saturated carbocycles. The van der Waals surface area contributed by atoms with E-state index >= 15 is 0 Å². The molecular weight excluding hydrogens is 254 g/mol.